The lowest BCUT2D eigenvalue weighted by molar-refractivity contribution is 0.101. The highest BCUT2D eigenvalue weighted by Crippen LogP contribution is 2.31. The number of nitrogens with zero attached hydrogens (tertiary/aromatic N) is 3. The maximum Gasteiger partial charge on any atom is 0.279 e. The molecule has 0 spiro atoms. The quantitative estimate of drug-likeness (QED) is 0.332. The maximum absolute atomic E-state index is 12.9. The zero-order valence-corrected chi connectivity index (χ0v) is 20.4. The first-order valence-electron chi connectivity index (χ1n) is 11.2. The topological polar surface area (TPSA) is 97.1 Å². The lowest BCUT2D eigenvalue weighted by Gasteiger charge is -2.10. The molecular formula is C28H22N4O3S. The van der Waals surface area contributed by atoms with Crippen molar-refractivity contribution in [1.82, 2.24) is 14.8 Å². The number of thiazole rings is 1. The van der Waals surface area contributed by atoms with Gasteiger partial charge in [-0.25, -0.2) is 4.98 Å². The van der Waals surface area contributed by atoms with Crippen molar-refractivity contribution in [3.8, 4) is 33.3 Å². The summed E-state index contributed by atoms with van der Waals surface area (Å²) < 4.78 is 1.10. The minimum absolute atomic E-state index is 0.248. The van der Waals surface area contributed by atoms with Crippen molar-refractivity contribution in [2.75, 3.05) is 5.32 Å². The van der Waals surface area contributed by atoms with Gasteiger partial charge in [0.05, 0.1) is 11.4 Å². The average Bonchev–Trinajstić information content (AvgIpc) is 3.35. The van der Waals surface area contributed by atoms with Gasteiger partial charge in [0.25, 0.3) is 11.5 Å². The van der Waals surface area contributed by atoms with Gasteiger partial charge in [-0.2, -0.15) is 9.78 Å². The molecule has 178 valence electrons. The first-order chi connectivity index (χ1) is 17.4. The number of aromatic hydroxyl groups is 1. The van der Waals surface area contributed by atoms with E-state index in [1.165, 1.54) is 5.56 Å². The third-order valence-electron chi connectivity index (χ3n) is 5.69. The van der Waals surface area contributed by atoms with Crippen LogP contribution in [0.25, 0.3) is 27.5 Å². The summed E-state index contributed by atoms with van der Waals surface area (Å²) in [5.74, 6) is -1.11. The molecule has 0 aliphatic heterocycles. The molecule has 0 aliphatic rings. The number of aryl methyl sites for hydroxylation is 2. The number of rotatable bonds is 5. The minimum atomic E-state index is -0.628. The number of hydrogen-bond acceptors (Lipinski definition) is 6. The lowest BCUT2D eigenvalue weighted by Crippen LogP contribution is -2.25. The summed E-state index contributed by atoms with van der Waals surface area (Å²) in [5.41, 5.74) is 5.22. The molecule has 3 aromatic carbocycles. The zero-order valence-electron chi connectivity index (χ0n) is 19.6. The molecule has 5 aromatic rings. The van der Waals surface area contributed by atoms with Crippen LogP contribution in [0.15, 0.2) is 89.0 Å². The molecule has 0 aliphatic carbocycles. The number of aromatic nitrogens is 3. The molecule has 0 fully saturated rings. The van der Waals surface area contributed by atoms with Gasteiger partial charge in [0.15, 0.2) is 11.4 Å². The van der Waals surface area contributed by atoms with Crippen LogP contribution in [0, 0.1) is 13.8 Å². The van der Waals surface area contributed by atoms with Crippen molar-refractivity contribution in [3.05, 3.63) is 111 Å². The molecule has 36 heavy (non-hydrogen) atoms. The smallest absolute Gasteiger partial charge is 0.279 e. The third kappa shape index (κ3) is 4.67. The molecule has 0 saturated heterocycles. The summed E-state index contributed by atoms with van der Waals surface area (Å²) in [6, 6.07) is 23.5. The van der Waals surface area contributed by atoms with E-state index in [9.17, 15) is 14.7 Å². The SMILES string of the molecule is Cc1cccc(-n2nc(C(=O)Nc3ccc(-c4csc(-c5ccccc5C)n4)cc3)c(O)cc2=O)c1. The first kappa shape index (κ1) is 23.2. The number of hydrogen-bond donors (Lipinski definition) is 2. The van der Waals surface area contributed by atoms with Crippen molar-refractivity contribution in [2.45, 2.75) is 13.8 Å². The fourth-order valence-corrected chi connectivity index (χ4v) is 4.73. The third-order valence-corrected chi connectivity index (χ3v) is 6.57. The Labute approximate surface area is 211 Å². The number of amides is 1. The van der Waals surface area contributed by atoms with E-state index in [4.69, 9.17) is 4.98 Å². The normalized spacial score (nSPS) is 10.8. The van der Waals surface area contributed by atoms with Gasteiger partial charge in [-0.05, 0) is 49.2 Å². The number of carbonyl (C=O) groups is 1. The van der Waals surface area contributed by atoms with E-state index in [1.54, 1.807) is 41.7 Å². The molecule has 8 heteroatoms. The van der Waals surface area contributed by atoms with Gasteiger partial charge >= 0.3 is 0 Å². The molecule has 0 atom stereocenters. The maximum atomic E-state index is 12.9. The first-order valence-corrected chi connectivity index (χ1v) is 12.1. The van der Waals surface area contributed by atoms with Crippen LogP contribution >= 0.6 is 11.3 Å². The Bertz CT molecular complexity index is 1640. The van der Waals surface area contributed by atoms with Crippen LogP contribution in [0.5, 0.6) is 5.75 Å². The Hall–Kier alpha value is -4.56. The van der Waals surface area contributed by atoms with Crippen molar-refractivity contribution in [2.24, 2.45) is 0 Å². The predicted octanol–water partition coefficient (Wildman–Crippen LogP) is 5.60. The molecule has 1 amide bonds. The summed E-state index contributed by atoms with van der Waals surface area (Å²) in [6.07, 6.45) is 0. The molecule has 7 nitrogen and oxygen atoms in total. The summed E-state index contributed by atoms with van der Waals surface area (Å²) in [5, 5.41) is 20.0. The van der Waals surface area contributed by atoms with Crippen LogP contribution < -0.4 is 10.9 Å². The molecule has 2 N–H and O–H groups in total. The highest BCUT2D eigenvalue weighted by molar-refractivity contribution is 7.13. The molecular weight excluding hydrogens is 472 g/mol. The van der Waals surface area contributed by atoms with Crippen LogP contribution in [0.4, 0.5) is 5.69 Å². The summed E-state index contributed by atoms with van der Waals surface area (Å²) in [7, 11) is 0. The van der Waals surface area contributed by atoms with E-state index in [0.717, 1.165) is 38.1 Å². The van der Waals surface area contributed by atoms with Crippen LogP contribution in [0.1, 0.15) is 21.6 Å². The zero-order chi connectivity index (χ0) is 25.2. The molecule has 2 aromatic heterocycles. The largest absolute Gasteiger partial charge is 0.505 e. The fourth-order valence-electron chi connectivity index (χ4n) is 3.81. The standard InChI is InChI=1S/C28H22N4O3S/c1-17-6-5-8-21(14-17)32-25(34)15-24(33)26(31-32)27(35)29-20-12-10-19(11-13-20)23-16-36-28(30-23)22-9-4-3-7-18(22)2/h3-16,33H,1-2H3,(H,29,35). The molecule has 0 bridgehead atoms. The van der Waals surface area contributed by atoms with E-state index in [0.29, 0.717) is 11.4 Å². The van der Waals surface area contributed by atoms with E-state index >= 15 is 0 Å². The summed E-state index contributed by atoms with van der Waals surface area (Å²) in [6.45, 7) is 3.95. The van der Waals surface area contributed by atoms with Gasteiger partial charge in [0, 0.05) is 28.3 Å². The van der Waals surface area contributed by atoms with Gasteiger partial charge in [-0.3, -0.25) is 9.59 Å². The highest BCUT2D eigenvalue weighted by Gasteiger charge is 2.17. The van der Waals surface area contributed by atoms with Gasteiger partial charge < -0.3 is 10.4 Å². The molecule has 0 unspecified atom stereocenters. The fraction of sp³-hybridized carbons (Fsp3) is 0.0714. The minimum Gasteiger partial charge on any atom is -0.505 e. The van der Waals surface area contributed by atoms with Crippen LogP contribution in [-0.2, 0) is 0 Å². The van der Waals surface area contributed by atoms with Gasteiger partial charge in [-0.15, -0.1) is 11.3 Å². The van der Waals surface area contributed by atoms with E-state index in [-0.39, 0.29) is 5.69 Å². The van der Waals surface area contributed by atoms with Crippen molar-refractivity contribution >= 4 is 22.9 Å². The lowest BCUT2D eigenvalue weighted by atomic mass is 10.1. The summed E-state index contributed by atoms with van der Waals surface area (Å²) in [4.78, 5) is 30.0. The monoisotopic (exact) mass is 494 g/mol. The van der Waals surface area contributed by atoms with E-state index < -0.39 is 17.2 Å². The average molecular weight is 495 g/mol. The van der Waals surface area contributed by atoms with Gasteiger partial charge in [0.1, 0.15) is 5.01 Å². The Morgan fingerprint density at radius 3 is 2.50 bits per heavy atom. The molecule has 2 heterocycles. The van der Waals surface area contributed by atoms with Crippen molar-refractivity contribution in [3.63, 3.8) is 0 Å². The van der Waals surface area contributed by atoms with Crippen LogP contribution in [0.2, 0.25) is 0 Å². The summed E-state index contributed by atoms with van der Waals surface area (Å²) >= 11 is 1.58. The van der Waals surface area contributed by atoms with E-state index in [2.05, 4.69) is 29.5 Å². The number of anilines is 1. The Morgan fingerprint density at radius 1 is 0.972 bits per heavy atom. The second kappa shape index (κ2) is 9.59. The van der Waals surface area contributed by atoms with Gasteiger partial charge in [0.2, 0.25) is 0 Å². The number of nitrogens with one attached hydrogen (secondary N) is 1. The predicted molar refractivity (Wildman–Crippen MR) is 142 cm³/mol. The van der Waals surface area contributed by atoms with E-state index in [1.807, 2.05) is 42.6 Å². The van der Waals surface area contributed by atoms with Crippen molar-refractivity contribution in [1.29, 1.82) is 0 Å². The Kier molecular flexibility index (Phi) is 6.18. The molecule has 0 saturated carbocycles. The number of benzene rings is 3. The van der Waals surface area contributed by atoms with Crippen LogP contribution in [0.3, 0.4) is 0 Å². The second-order valence-corrected chi connectivity index (χ2v) is 9.21. The second-order valence-electron chi connectivity index (χ2n) is 8.35. The Balaban J connectivity index is 1.36. The molecule has 0 radical (unpaired) electrons. The Morgan fingerprint density at radius 2 is 1.75 bits per heavy atom. The number of carbonyl (C=O) groups excluding carboxylic acids is 1. The van der Waals surface area contributed by atoms with Crippen LogP contribution in [-0.4, -0.2) is 25.8 Å². The van der Waals surface area contributed by atoms with Gasteiger partial charge in [-0.1, -0.05) is 48.5 Å². The highest BCUT2D eigenvalue weighted by atomic mass is 32.1. The molecule has 5 rings (SSSR count). The van der Waals surface area contributed by atoms with Crippen molar-refractivity contribution < 1.29 is 9.90 Å².